The van der Waals surface area contributed by atoms with Gasteiger partial charge in [-0.05, 0) is 50.3 Å². The zero-order valence-electron chi connectivity index (χ0n) is 15.2. The van der Waals surface area contributed by atoms with Gasteiger partial charge in [-0.3, -0.25) is 0 Å². The van der Waals surface area contributed by atoms with Gasteiger partial charge in [0, 0.05) is 13.1 Å². The number of hydrogen-bond donors (Lipinski definition) is 2. The topological polar surface area (TPSA) is 54.9 Å². The highest BCUT2D eigenvalue weighted by atomic mass is 127. The van der Waals surface area contributed by atoms with E-state index in [-0.39, 0.29) is 24.0 Å². The molecule has 1 aliphatic rings. The predicted octanol–water partition coefficient (Wildman–Crippen LogP) is 3.88. The number of hydrogen-bond acceptors (Lipinski definition) is 3. The Balaban J connectivity index is 0.00000312. The minimum atomic E-state index is 0. The lowest BCUT2D eigenvalue weighted by Crippen LogP contribution is -2.37. The van der Waals surface area contributed by atoms with Crippen LogP contribution in [0, 0.1) is 0 Å². The van der Waals surface area contributed by atoms with Crippen LogP contribution in [0.5, 0.6) is 11.5 Å². The quantitative estimate of drug-likeness (QED) is 0.268. The number of aliphatic imine (C=N–C) groups is 1. The molecule has 2 N–H and O–H groups in total. The fourth-order valence-corrected chi connectivity index (χ4v) is 2.77. The van der Waals surface area contributed by atoms with Crippen LogP contribution in [-0.4, -0.2) is 32.3 Å². The first kappa shape index (κ1) is 21.6. The molecule has 0 radical (unpaired) electrons. The highest BCUT2D eigenvalue weighted by Crippen LogP contribution is 2.32. The summed E-state index contributed by atoms with van der Waals surface area (Å²) in [5.74, 6) is 2.38. The molecule has 1 aromatic carbocycles. The van der Waals surface area contributed by atoms with Crippen LogP contribution in [0.3, 0.4) is 0 Å². The standard InChI is InChI=1S/C19H29N3O2.HI/c1-4-12-21-19(20-5-2)22-14-15-10-11-17(18(13-15)23-3)24-16-8-6-7-9-16;/h4,10-11,13,16H,1,5-9,12,14H2,2-3H3,(H2,20,21,22);1H. The van der Waals surface area contributed by atoms with Crippen LogP contribution in [0.1, 0.15) is 38.2 Å². The van der Waals surface area contributed by atoms with E-state index in [0.717, 1.165) is 42.4 Å². The van der Waals surface area contributed by atoms with Crippen molar-refractivity contribution in [2.24, 2.45) is 4.99 Å². The van der Waals surface area contributed by atoms with Gasteiger partial charge in [0.25, 0.3) is 0 Å². The summed E-state index contributed by atoms with van der Waals surface area (Å²) in [4.78, 5) is 4.58. The van der Waals surface area contributed by atoms with Crippen molar-refractivity contribution in [3.63, 3.8) is 0 Å². The van der Waals surface area contributed by atoms with Crippen molar-refractivity contribution in [3.05, 3.63) is 36.4 Å². The molecule has 0 bridgehead atoms. The van der Waals surface area contributed by atoms with Gasteiger partial charge in [0.2, 0.25) is 0 Å². The van der Waals surface area contributed by atoms with E-state index in [1.807, 2.05) is 31.2 Å². The summed E-state index contributed by atoms with van der Waals surface area (Å²) in [6, 6.07) is 6.05. The lowest BCUT2D eigenvalue weighted by molar-refractivity contribution is 0.200. The number of benzene rings is 1. The molecule has 0 spiro atoms. The molecule has 5 nitrogen and oxygen atoms in total. The lowest BCUT2D eigenvalue weighted by atomic mass is 10.2. The van der Waals surface area contributed by atoms with Gasteiger partial charge in [0.15, 0.2) is 17.5 Å². The highest BCUT2D eigenvalue weighted by Gasteiger charge is 2.18. The largest absolute Gasteiger partial charge is 0.493 e. The molecule has 140 valence electrons. The van der Waals surface area contributed by atoms with Crippen molar-refractivity contribution >= 4 is 29.9 Å². The Morgan fingerprint density at radius 3 is 2.68 bits per heavy atom. The average Bonchev–Trinajstić information content (AvgIpc) is 3.11. The van der Waals surface area contributed by atoms with Gasteiger partial charge in [0.05, 0.1) is 19.8 Å². The minimum absolute atomic E-state index is 0. The van der Waals surface area contributed by atoms with Gasteiger partial charge < -0.3 is 20.1 Å². The summed E-state index contributed by atoms with van der Waals surface area (Å²) in [7, 11) is 1.68. The first-order valence-corrected chi connectivity index (χ1v) is 8.73. The van der Waals surface area contributed by atoms with Crippen molar-refractivity contribution in [3.8, 4) is 11.5 Å². The summed E-state index contributed by atoms with van der Waals surface area (Å²) >= 11 is 0. The summed E-state index contributed by atoms with van der Waals surface area (Å²) in [6.07, 6.45) is 6.92. The molecule has 1 fully saturated rings. The van der Waals surface area contributed by atoms with E-state index in [4.69, 9.17) is 9.47 Å². The van der Waals surface area contributed by atoms with Gasteiger partial charge >= 0.3 is 0 Å². The number of ether oxygens (including phenoxy) is 2. The van der Waals surface area contributed by atoms with Crippen molar-refractivity contribution in [1.82, 2.24) is 10.6 Å². The van der Waals surface area contributed by atoms with E-state index in [1.54, 1.807) is 7.11 Å². The Morgan fingerprint density at radius 2 is 2.04 bits per heavy atom. The molecule has 0 aliphatic heterocycles. The average molecular weight is 459 g/mol. The third-order valence-electron chi connectivity index (χ3n) is 4.00. The molecule has 0 aromatic heterocycles. The second kappa shape index (κ2) is 12.0. The maximum atomic E-state index is 6.07. The van der Waals surface area contributed by atoms with Crippen LogP contribution in [0.25, 0.3) is 0 Å². The Bertz CT molecular complexity index is 558. The van der Waals surface area contributed by atoms with Gasteiger partial charge in [-0.1, -0.05) is 12.1 Å². The molecule has 0 atom stereocenters. The summed E-state index contributed by atoms with van der Waals surface area (Å²) in [5, 5.41) is 6.40. The first-order chi connectivity index (χ1) is 11.8. The van der Waals surface area contributed by atoms with E-state index < -0.39 is 0 Å². The third kappa shape index (κ3) is 7.13. The summed E-state index contributed by atoms with van der Waals surface area (Å²) in [6.45, 7) is 7.83. The van der Waals surface area contributed by atoms with Crippen molar-refractivity contribution < 1.29 is 9.47 Å². The fraction of sp³-hybridized carbons (Fsp3) is 0.526. The molecule has 0 saturated heterocycles. The molecule has 0 amide bonds. The van der Waals surface area contributed by atoms with Gasteiger partial charge in [-0.2, -0.15) is 0 Å². The Morgan fingerprint density at radius 1 is 1.28 bits per heavy atom. The summed E-state index contributed by atoms with van der Waals surface area (Å²) in [5.41, 5.74) is 1.08. The van der Waals surface area contributed by atoms with Crippen molar-refractivity contribution in [2.75, 3.05) is 20.2 Å². The SMILES string of the molecule is C=CCNC(=NCc1ccc(OC2CCCC2)c(OC)c1)NCC.I. The zero-order chi connectivity index (χ0) is 17.2. The van der Waals surface area contributed by atoms with Crippen LogP contribution in [0.4, 0.5) is 0 Å². The van der Waals surface area contributed by atoms with Gasteiger partial charge in [-0.25, -0.2) is 4.99 Å². The van der Waals surface area contributed by atoms with Gasteiger partial charge in [0.1, 0.15) is 0 Å². The number of rotatable bonds is 8. The number of halogens is 1. The van der Waals surface area contributed by atoms with E-state index in [9.17, 15) is 0 Å². The molecule has 1 saturated carbocycles. The molecule has 0 heterocycles. The maximum absolute atomic E-state index is 6.07. The number of nitrogens with zero attached hydrogens (tertiary/aromatic N) is 1. The molecule has 0 unspecified atom stereocenters. The maximum Gasteiger partial charge on any atom is 0.191 e. The molecular formula is C19H30IN3O2. The van der Waals surface area contributed by atoms with Crippen LogP contribution in [0.2, 0.25) is 0 Å². The second-order valence-electron chi connectivity index (χ2n) is 5.87. The van der Waals surface area contributed by atoms with E-state index in [2.05, 4.69) is 22.2 Å². The van der Waals surface area contributed by atoms with E-state index >= 15 is 0 Å². The van der Waals surface area contributed by atoms with Crippen LogP contribution >= 0.6 is 24.0 Å². The van der Waals surface area contributed by atoms with Crippen molar-refractivity contribution in [1.29, 1.82) is 0 Å². The molecule has 2 rings (SSSR count). The Kier molecular flexibility index (Phi) is 10.4. The highest BCUT2D eigenvalue weighted by molar-refractivity contribution is 14.0. The van der Waals surface area contributed by atoms with E-state index in [0.29, 0.717) is 19.2 Å². The minimum Gasteiger partial charge on any atom is -0.493 e. The predicted molar refractivity (Wildman–Crippen MR) is 114 cm³/mol. The zero-order valence-corrected chi connectivity index (χ0v) is 17.5. The number of guanidine groups is 1. The normalized spacial score (nSPS) is 14.6. The van der Waals surface area contributed by atoms with Gasteiger partial charge in [-0.15, -0.1) is 30.6 Å². The van der Waals surface area contributed by atoms with Crippen LogP contribution in [0.15, 0.2) is 35.8 Å². The van der Waals surface area contributed by atoms with Crippen LogP contribution < -0.4 is 20.1 Å². The monoisotopic (exact) mass is 459 g/mol. The molecular weight excluding hydrogens is 429 g/mol. The number of nitrogens with one attached hydrogen (secondary N) is 2. The smallest absolute Gasteiger partial charge is 0.191 e. The molecule has 1 aromatic rings. The van der Waals surface area contributed by atoms with Crippen LogP contribution in [-0.2, 0) is 6.54 Å². The van der Waals surface area contributed by atoms with Crippen molar-refractivity contribution in [2.45, 2.75) is 45.3 Å². The first-order valence-electron chi connectivity index (χ1n) is 8.73. The lowest BCUT2D eigenvalue weighted by Gasteiger charge is -2.16. The molecule has 1 aliphatic carbocycles. The Hall–Kier alpha value is -1.44. The Labute approximate surface area is 168 Å². The second-order valence-corrected chi connectivity index (χ2v) is 5.87. The molecule has 25 heavy (non-hydrogen) atoms. The summed E-state index contributed by atoms with van der Waals surface area (Å²) < 4.78 is 11.6. The molecule has 6 heteroatoms. The third-order valence-corrected chi connectivity index (χ3v) is 4.00. The van der Waals surface area contributed by atoms with E-state index in [1.165, 1.54) is 12.8 Å². The fourth-order valence-electron chi connectivity index (χ4n) is 2.77. The number of methoxy groups -OCH3 is 1.